The molecule has 2 aromatic carbocycles. The third-order valence-corrected chi connectivity index (χ3v) is 4.69. The van der Waals surface area contributed by atoms with Gasteiger partial charge >= 0.3 is 5.69 Å². The van der Waals surface area contributed by atoms with E-state index in [-0.39, 0.29) is 11.5 Å². The molecule has 3 aromatic rings. The zero-order valence-corrected chi connectivity index (χ0v) is 15.8. The van der Waals surface area contributed by atoms with Crippen LogP contribution in [0, 0.1) is 37.8 Å². The quantitative estimate of drug-likeness (QED) is 0.380. The Morgan fingerprint density at radius 2 is 1.48 bits per heavy atom. The molecule has 1 heterocycles. The topological polar surface area (TPSA) is 78.0 Å². The van der Waals surface area contributed by atoms with Gasteiger partial charge in [0.1, 0.15) is 17.4 Å². The Morgan fingerprint density at radius 1 is 0.963 bits per heavy atom. The van der Waals surface area contributed by atoms with Crippen molar-refractivity contribution in [3.05, 3.63) is 92.3 Å². The van der Waals surface area contributed by atoms with Gasteiger partial charge in [0, 0.05) is 5.56 Å². The second kappa shape index (κ2) is 7.15. The van der Waals surface area contributed by atoms with Gasteiger partial charge in [0.25, 0.3) is 0 Å². The molecule has 0 amide bonds. The van der Waals surface area contributed by atoms with E-state index in [1.807, 2.05) is 50.2 Å². The minimum absolute atomic E-state index is 0.0520. The summed E-state index contributed by atoms with van der Waals surface area (Å²) in [5, 5.41) is 15.8. The Bertz CT molecular complexity index is 1000. The zero-order chi connectivity index (χ0) is 19.7. The highest BCUT2D eigenvalue weighted by Crippen LogP contribution is 2.30. The minimum Gasteiger partial charge on any atom is -0.291 e. The van der Waals surface area contributed by atoms with E-state index >= 15 is 0 Å². The van der Waals surface area contributed by atoms with Crippen LogP contribution in [-0.2, 0) is 0 Å². The van der Waals surface area contributed by atoms with Crippen molar-refractivity contribution in [2.45, 2.75) is 33.7 Å². The molecule has 0 spiro atoms. The fraction of sp³-hybridized carbons (Fsp3) is 0.238. The van der Waals surface area contributed by atoms with Crippen molar-refractivity contribution in [1.29, 1.82) is 0 Å². The van der Waals surface area contributed by atoms with Crippen molar-refractivity contribution >= 4 is 11.5 Å². The van der Waals surface area contributed by atoms with Gasteiger partial charge in [-0.15, -0.1) is 0 Å². The molecule has 0 radical (unpaired) electrons. The van der Waals surface area contributed by atoms with Crippen LogP contribution >= 0.6 is 0 Å². The molecule has 1 unspecified atom stereocenters. The molecule has 0 saturated carbocycles. The molecule has 0 aliphatic carbocycles. The second-order valence-electron chi connectivity index (χ2n) is 6.76. The van der Waals surface area contributed by atoms with Gasteiger partial charge in [0.2, 0.25) is 0 Å². The number of hydrogen-bond donors (Lipinski definition) is 0. The van der Waals surface area contributed by atoms with Crippen molar-refractivity contribution in [3.8, 4) is 0 Å². The third kappa shape index (κ3) is 3.51. The maximum Gasteiger partial charge on any atom is 0.312 e. The number of aromatic nitrogens is 2. The number of carbonyl (C=O) groups is 1. The number of aryl methyl sites for hydroxylation is 3. The molecule has 0 aliphatic rings. The molecule has 0 saturated heterocycles. The lowest BCUT2D eigenvalue weighted by Gasteiger charge is -2.19. The zero-order valence-electron chi connectivity index (χ0n) is 15.8. The number of ketones is 1. The van der Waals surface area contributed by atoms with Crippen molar-refractivity contribution in [3.63, 3.8) is 0 Å². The van der Waals surface area contributed by atoms with Crippen molar-refractivity contribution in [1.82, 2.24) is 9.78 Å². The van der Waals surface area contributed by atoms with E-state index in [9.17, 15) is 14.9 Å². The molecule has 1 atom stereocenters. The van der Waals surface area contributed by atoms with Crippen LogP contribution in [-0.4, -0.2) is 20.5 Å². The summed E-state index contributed by atoms with van der Waals surface area (Å²) in [5.74, 6) is -0.153. The first-order chi connectivity index (χ1) is 12.8. The highest BCUT2D eigenvalue weighted by molar-refractivity contribution is 6.01. The molecule has 6 nitrogen and oxygen atoms in total. The maximum atomic E-state index is 13.4. The maximum absolute atomic E-state index is 13.4. The molecule has 0 N–H and O–H groups in total. The Hall–Kier alpha value is -3.28. The van der Waals surface area contributed by atoms with Gasteiger partial charge in [0.05, 0.1) is 4.92 Å². The molecule has 6 heteroatoms. The van der Waals surface area contributed by atoms with Gasteiger partial charge in [-0.25, -0.2) is 4.68 Å². The fourth-order valence-corrected chi connectivity index (χ4v) is 3.20. The lowest BCUT2D eigenvalue weighted by atomic mass is 9.96. The van der Waals surface area contributed by atoms with Crippen LogP contribution < -0.4 is 0 Å². The number of Topliss-reactive ketones (excluding diaryl/α,β-unsaturated/α-hetero) is 1. The predicted octanol–water partition coefficient (Wildman–Crippen LogP) is 4.50. The number of benzene rings is 2. The van der Waals surface area contributed by atoms with E-state index in [2.05, 4.69) is 5.10 Å². The molecular weight excluding hydrogens is 342 g/mol. The van der Waals surface area contributed by atoms with Crippen LogP contribution in [0.2, 0.25) is 0 Å². The third-order valence-electron chi connectivity index (χ3n) is 4.69. The molecule has 138 valence electrons. The summed E-state index contributed by atoms with van der Waals surface area (Å²) in [4.78, 5) is 24.3. The van der Waals surface area contributed by atoms with E-state index < -0.39 is 11.0 Å². The average molecular weight is 363 g/mol. The summed E-state index contributed by atoms with van der Waals surface area (Å²) in [6, 6.07) is 14.1. The van der Waals surface area contributed by atoms with E-state index in [0.717, 1.165) is 16.7 Å². The van der Waals surface area contributed by atoms with E-state index in [1.165, 1.54) is 4.68 Å². The van der Waals surface area contributed by atoms with Crippen LogP contribution in [0.5, 0.6) is 0 Å². The second-order valence-corrected chi connectivity index (χ2v) is 6.76. The molecular formula is C21H21N3O3. The van der Waals surface area contributed by atoms with Crippen LogP contribution in [0.3, 0.4) is 0 Å². The minimum atomic E-state index is -0.763. The highest BCUT2D eigenvalue weighted by atomic mass is 16.6. The van der Waals surface area contributed by atoms with Gasteiger partial charge in [-0.3, -0.25) is 14.9 Å². The smallest absolute Gasteiger partial charge is 0.291 e. The predicted molar refractivity (Wildman–Crippen MR) is 103 cm³/mol. The lowest BCUT2D eigenvalue weighted by molar-refractivity contribution is -0.386. The lowest BCUT2D eigenvalue weighted by Crippen LogP contribution is -2.23. The molecule has 0 aliphatic heterocycles. The van der Waals surface area contributed by atoms with Gasteiger partial charge in [0.15, 0.2) is 5.78 Å². The number of hydrogen-bond acceptors (Lipinski definition) is 4. The molecule has 3 rings (SSSR count). The number of rotatable bonds is 5. The summed E-state index contributed by atoms with van der Waals surface area (Å²) in [6.45, 7) is 7.14. The van der Waals surface area contributed by atoms with E-state index in [1.54, 1.807) is 26.0 Å². The number of nitrogens with zero attached hydrogens (tertiary/aromatic N) is 3. The van der Waals surface area contributed by atoms with Crippen molar-refractivity contribution < 1.29 is 9.72 Å². The summed E-state index contributed by atoms with van der Waals surface area (Å²) in [5.41, 5.74) is 4.02. The molecule has 27 heavy (non-hydrogen) atoms. The SMILES string of the molecule is Cc1ccc(C(=O)C(c2ccc(C)cc2)n2nc(C)c([N+](=O)[O-])c2C)cc1. The summed E-state index contributed by atoms with van der Waals surface area (Å²) >= 11 is 0. The molecule has 1 aromatic heterocycles. The normalized spacial score (nSPS) is 12.0. The fourth-order valence-electron chi connectivity index (χ4n) is 3.20. The summed E-state index contributed by atoms with van der Waals surface area (Å²) < 4.78 is 1.47. The van der Waals surface area contributed by atoms with Gasteiger partial charge < -0.3 is 0 Å². The summed E-state index contributed by atoms with van der Waals surface area (Å²) in [7, 11) is 0. The van der Waals surface area contributed by atoms with Crippen LogP contribution in [0.25, 0.3) is 0 Å². The van der Waals surface area contributed by atoms with Crippen molar-refractivity contribution in [2.24, 2.45) is 0 Å². The first kappa shape index (κ1) is 18.5. The Balaban J connectivity index is 2.18. The Morgan fingerprint density at radius 3 is 1.96 bits per heavy atom. The van der Waals surface area contributed by atoms with Crippen LogP contribution in [0.4, 0.5) is 5.69 Å². The highest BCUT2D eigenvalue weighted by Gasteiger charge is 2.31. The number of carbonyl (C=O) groups excluding carboxylic acids is 1. The van der Waals surface area contributed by atoms with Crippen LogP contribution in [0.1, 0.15) is 44.5 Å². The van der Waals surface area contributed by atoms with Crippen LogP contribution in [0.15, 0.2) is 48.5 Å². The Labute approximate surface area is 157 Å². The van der Waals surface area contributed by atoms with E-state index in [0.29, 0.717) is 17.0 Å². The largest absolute Gasteiger partial charge is 0.312 e. The summed E-state index contributed by atoms with van der Waals surface area (Å²) in [6.07, 6.45) is 0. The van der Waals surface area contributed by atoms with E-state index in [4.69, 9.17) is 0 Å². The number of nitro groups is 1. The van der Waals surface area contributed by atoms with Gasteiger partial charge in [-0.05, 0) is 33.3 Å². The van der Waals surface area contributed by atoms with Crippen molar-refractivity contribution in [2.75, 3.05) is 0 Å². The average Bonchev–Trinajstić information content (AvgIpc) is 2.91. The molecule has 0 bridgehead atoms. The first-order valence-electron chi connectivity index (χ1n) is 8.67. The standard InChI is InChI=1S/C21H21N3O3/c1-13-5-9-17(10-6-13)20(21(25)18-11-7-14(2)8-12-18)23-16(4)19(24(26)27)15(3)22-23/h5-12,20H,1-4H3. The van der Waals surface area contributed by atoms with Gasteiger partial charge in [-0.2, -0.15) is 5.10 Å². The van der Waals surface area contributed by atoms with Gasteiger partial charge in [-0.1, -0.05) is 59.7 Å². The monoisotopic (exact) mass is 363 g/mol. The first-order valence-corrected chi connectivity index (χ1v) is 8.67. The molecule has 0 fully saturated rings. The Kier molecular flexibility index (Phi) is 4.90.